The van der Waals surface area contributed by atoms with Crippen LogP contribution in [0.25, 0.3) is 0 Å². The number of nitrogens with zero attached hydrogens (tertiary/aromatic N) is 2. The number of ether oxygens (including phenoxy) is 1. The smallest absolute Gasteiger partial charge is 0.327 e. The molecule has 0 radical (unpaired) electrons. The second-order valence-electron chi connectivity index (χ2n) is 13.2. The van der Waals surface area contributed by atoms with Crippen molar-refractivity contribution < 1.29 is 63.5 Å². The van der Waals surface area contributed by atoms with E-state index >= 15 is 0 Å². The van der Waals surface area contributed by atoms with E-state index in [1.54, 1.807) is 55.3 Å². The van der Waals surface area contributed by atoms with Gasteiger partial charge in [0.2, 0.25) is 17.7 Å². The fourth-order valence-electron chi connectivity index (χ4n) is 6.71. The maximum absolute atomic E-state index is 12.8. The van der Waals surface area contributed by atoms with Gasteiger partial charge in [0.05, 0.1) is 0 Å². The van der Waals surface area contributed by atoms with E-state index in [0.29, 0.717) is 11.1 Å². The molecule has 0 aromatic carbocycles. The minimum absolute atomic E-state index is 0.294. The molecule has 0 saturated carbocycles. The third-order valence-electron chi connectivity index (χ3n) is 9.11. The van der Waals surface area contributed by atoms with Crippen LogP contribution in [0.15, 0.2) is 33.7 Å². The number of aliphatic carboxylic acids is 4. The summed E-state index contributed by atoms with van der Waals surface area (Å²) in [4.78, 5) is 98.8. The summed E-state index contributed by atoms with van der Waals surface area (Å²) in [6.07, 6.45) is 0. The predicted molar refractivity (Wildman–Crippen MR) is 187 cm³/mol. The van der Waals surface area contributed by atoms with Crippen molar-refractivity contribution in [1.29, 1.82) is 0 Å². The third kappa shape index (κ3) is 6.41. The molecular weight excluding hydrogens is 765 g/mol. The standard InChI is InChI=1S/C16H18N2O7S2.C15H16N2O6S2/c1-15(2)9(12(22)23)18-13(24)16(25-3,14(18)27-15)17-10(19)8(11(20)21)7-4-5-26-6-7;1-15(2)9(14(22)23)17-11(19)8(12(17)25-15)16-10(18)7(13(20)21)6-3-4-24-5-6/h4-6,8-9,14H,1-3H3,(H,17,19)(H,20,21)(H,22,23);3-5,7-9,12H,1-2H3,(H,16,18)(H,20,21)(H,22,23)/t8?,9-,14+,16-;7-,8-,9+,12-/m01/s1. The molecule has 4 fully saturated rings. The number of carbonyl (C=O) groups excluding carboxylic acids is 4. The highest BCUT2D eigenvalue weighted by atomic mass is 32.2. The van der Waals surface area contributed by atoms with Gasteiger partial charge in [0, 0.05) is 16.6 Å². The van der Waals surface area contributed by atoms with Gasteiger partial charge in [0.15, 0.2) is 11.8 Å². The quantitative estimate of drug-likeness (QED) is 0.106. The largest absolute Gasteiger partial charge is 0.480 e. The lowest BCUT2D eigenvalue weighted by Gasteiger charge is -2.51. The molecule has 4 saturated heterocycles. The van der Waals surface area contributed by atoms with E-state index in [2.05, 4.69) is 10.6 Å². The normalized spacial score (nSPS) is 28.8. The first kappa shape index (κ1) is 39.0. The molecule has 52 heavy (non-hydrogen) atoms. The average Bonchev–Trinajstić information content (AvgIpc) is 3.84. The van der Waals surface area contributed by atoms with Gasteiger partial charge in [-0.2, -0.15) is 22.7 Å². The lowest BCUT2D eigenvalue weighted by molar-refractivity contribution is -0.201. The highest BCUT2D eigenvalue weighted by Gasteiger charge is 2.73. The van der Waals surface area contributed by atoms with E-state index in [1.807, 2.05) is 0 Å². The van der Waals surface area contributed by atoms with Crippen molar-refractivity contribution in [3.05, 3.63) is 44.8 Å². The first-order valence-corrected chi connectivity index (χ1v) is 19.0. The van der Waals surface area contributed by atoms with Crippen molar-refractivity contribution in [2.75, 3.05) is 7.11 Å². The number of thioether (sulfide) groups is 2. The van der Waals surface area contributed by atoms with Crippen LogP contribution >= 0.6 is 46.2 Å². The van der Waals surface area contributed by atoms with Gasteiger partial charge >= 0.3 is 23.9 Å². The molecule has 2 aromatic heterocycles. The van der Waals surface area contributed by atoms with Crippen LogP contribution in [0.2, 0.25) is 0 Å². The Hall–Kier alpha value is -4.18. The first-order valence-electron chi connectivity index (χ1n) is 15.3. The van der Waals surface area contributed by atoms with Crippen LogP contribution in [0, 0.1) is 0 Å². The number of hydrogen-bond acceptors (Lipinski definition) is 13. The Bertz CT molecular complexity index is 1820. The Balaban J connectivity index is 0.000000202. The molecule has 0 spiro atoms. The van der Waals surface area contributed by atoms with Gasteiger partial charge in [-0.1, -0.05) is 0 Å². The molecule has 0 bridgehead atoms. The van der Waals surface area contributed by atoms with E-state index in [0.717, 1.165) is 4.90 Å². The third-order valence-corrected chi connectivity index (χ3v) is 13.7. The summed E-state index contributed by atoms with van der Waals surface area (Å²) in [5.74, 6) is -10.7. The number of thiophene rings is 2. The molecule has 0 aliphatic carbocycles. The number of rotatable bonds is 11. The molecule has 6 rings (SSSR count). The molecule has 4 amide bonds. The first-order chi connectivity index (χ1) is 24.2. The Morgan fingerprint density at radius 1 is 0.769 bits per heavy atom. The van der Waals surface area contributed by atoms with Crippen LogP contribution in [0.5, 0.6) is 0 Å². The number of carboxylic acid groups (broad SMARTS) is 4. The zero-order valence-electron chi connectivity index (χ0n) is 28.0. The van der Waals surface area contributed by atoms with Crippen LogP contribution in [0.4, 0.5) is 0 Å². The van der Waals surface area contributed by atoms with Crippen molar-refractivity contribution >= 4 is 93.7 Å². The number of amides is 4. The topological polar surface area (TPSA) is 257 Å². The Morgan fingerprint density at radius 3 is 1.69 bits per heavy atom. The number of carbonyl (C=O) groups is 8. The second-order valence-corrected chi connectivity index (χ2v) is 18.3. The Morgan fingerprint density at radius 2 is 1.25 bits per heavy atom. The van der Waals surface area contributed by atoms with Gasteiger partial charge in [0.1, 0.15) is 28.9 Å². The van der Waals surface area contributed by atoms with Gasteiger partial charge in [-0.05, 0) is 72.5 Å². The zero-order chi connectivity index (χ0) is 38.7. The summed E-state index contributed by atoms with van der Waals surface area (Å²) in [6.45, 7) is 6.84. The molecule has 2 aromatic rings. The van der Waals surface area contributed by atoms with Gasteiger partial charge in [-0.25, -0.2) is 9.59 Å². The lowest BCUT2D eigenvalue weighted by atomic mass is 9.92. The van der Waals surface area contributed by atoms with Crippen LogP contribution in [-0.2, 0) is 43.1 Å². The number of β-lactam (4-membered cyclic amide) rings is 2. The summed E-state index contributed by atoms with van der Waals surface area (Å²) >= 11 is 5.00. The van der Waals surface area contributed by atoms with Crippen molar-refractivity contribution in [3.63, 3.8) is 0 Å². The van der Waals surface area contributed by atoms with Crippen molar-refractivity contribution in [2.24, 2.45) is 0 Å². The molecular formula is C31H34N4O13S4. The highest BCUT2D eigenvalue weighted by Crippen LogP contribution is 2.55. The highest BCUT2D eigenvalue weighted by molar-refractivity contribution is 8.02. The molecule has 1 unspecified atom stereocenters. The van der Waals surface area contributed by atoms with Gasteiger partial charge in [0.25, 0.3) is 11.6 Å². The molecule has 17 nitrogen and oxygen atoms in total. The molecule has 8 atom stereocenters. The fraction of sp³-hybridized carbons (Fsp3) is 0.484. The SMILES string of the molecule is CC1(C)S[C@@H]2[C@H](NC(=O)[C@H](C(=O)O)c3ccsc3)C(=O)N2[C@H]1C(=O)O.CO[C@@]1(NC(=O)C(C(=O)O)c2ccsc2)C(=O)N2[C@@H](C(=O)O)C(C)(C)S[C@@H]21. The predicted octanol–water partition coefficient (Wildman–Crippen LogP) is 1.07. The van der Waals surface area contributed by atoms with Crippen molar-refractivity contribution in [2.45, 2.75) is 83.6 Å². The van der Waals surface area contributed by atoms with E-state index in [-0.39, 0.29) is 0 Å². The minimum atomic E-state index is -1.80. The number of fused-ring (bicyclic) bond motifs is 2. The van der Waals surface area contributed by atoms with Crippen molar-refractivity contribution in [3.8, 4) is 0 Å². The van der Waals surface area contributed by atoms with Crippen LogP contribution < -0.4 is 10.6 Å². The number of methoxy groups -OCH3 is 1. The second kappa shape index (κ2) is 14.0. The van der Waals surface area contributed by atoms with Crippen LogP contribution in [0.3, 0.4) is 0 Å². The molecule has 6 N–H and O–H groups in total. The van der Waals surface area contributed by atoms with E-state index in [9.17, 15) is 58.8 Å². The molecule has 4 aliphatic rings. The molecule has 4 aliphatic heterocycles. The average molecular weight is 799 g/mol. The summed E-state index contributed by atoms with van der Waals surface area (Å²) in [5, 5.41) is 47.7. The van der Waals surface area contributed by atoms with Gasteiger partial charge in [-0.3, -0.25) is 28.8 Å². The fourth-order valence-corrected chi connectivity index (χ4v) is 11.4. The molecule has 6 heterocycles. The van der Waals surface area contributed by atoms with E-state index < -0.39 is 103 Å². The molecule has 280 valence electrons. The zero-order valence-corrected chi connectivity index (χ0v) is 31.3. The summed E-state index contributed by atoms with van der Waals surface area (Å²) in [6, 6.07) is 0.0983. The lowest BCUT2D eigenvalue weighted by Crippen LogP contribution is -2.80. The van der Waals surface area contributed by atoms with Crippen LogP contribution in [0.1, 0.15) is 50.7 Å². The van der Waals surface area contributed by atoms with Crippen molar-refractivity contribution in [1.82, 2.24) is 20.4 Å². The summed E-state index contributed by atoms with van der Waals surface area (Å²) < 4.78 is 3.80. The summed E-state index contributed by atoms with van der Waals surface area (Å²) in [7, 11) is 1.22. The van der Waals surface area contributed by atoms with E-state index in [1.165, 1.54) is 64.3 Å². The molecule has 21 heteroatoms. The Labute approximate surface area is 312 Å². The number of nitrogens with one attached hydrogen (secondary N) is 2. The van der Waals surface area contributed by atoms with Gasteiger partial charge in [-0.15, -0.1) is 23.5 Å². The monoisotopic (exact) mass is 798 g/mol. The van der Waals surface area contributed by atoms with E-state index in [4.69, 9.17) is 4.74 Å². The Kier molecular flexibility index (Phi) is 10.5. The number of hydrogen-bond donors (Lipinski definition) is 6. The van der Waals surface area contributed by atoms with Gasteiger partial charge < -0.3 is 45.6 Å². The maximum Gasteiger partial charge on any atom is 0.327 e. The van der Waals surface area contributed by atoms with Crippen LogP contribution in [-0.4, -0.2) is 129 Å². The maximum atomic E-state index is 12.8. The summed E-state index contributed by atoms with van der Waals surface area (Å²) in [5.41, 5.74) is -1.16. The number of carboxylic acids is 4. The minimum Gasteiger partial charge on any atom is -0.480 e.